The third-order valence-electron chi connectivity index (χ3n) is 7.98. The van der Waals surface area contributed by atoms with E-state index in [1.165, 1.54) is 57.4 Å². The first-order chi connectivity index (χ1) is 15.6. The molecule has 0 heterocycles. The van der Waals surface area contributed by atoms with Gasteiger partial charge < -0.3 is 4.74 Å². The minimum absolute atomic E-state index is 0.180. The quantitative estimate of drug-likeness (QED) is 0.294. The number of fused-ring (bicyclic) bond motifs is 2. The van der Waals surface area contributed by atoms with Crippen LogP contribution in [-0.4, -0.2) is 6.61 Å². The monoisotopic (exact) mass is 440 g/mol. The summed E-state index contributed by atoms with van der Waals surface area (Å²) in [5, 5.41) is 1.07. The molecule has 0 radical (unpaired) electrons. The highest BCUT2D eigenvalue weighted by atomic mass is 19.1. The van der Waals surface area contributed by atoms with Crippen molar-refractivity contribution in [1.82, 2.24) is 0 Å². The lowest BCUT2D eigenvalue weighted by molar-refractivity contribution is 0.112. The van der Waals surface area contributed by atoms with Crippen LogP contribution in [0.5, 0.6) is 5.75 Å². The summed E-state index contributed by atoms with van der Waals surface area (Å²) >= 11 is 0. The molecule has 2 unspecified atom stereocenters. The molecule has 3 heteroatoms. The van der Waals surface area contributed by atoms with Gasteiger partial charge in [-0.05, 0) is 85.8 Å². The Morgan fingerprint density at radius 2 is 1.81 bits per heavy atom. The zero-order chi connectivity index (χ0) is 22.5. The highest BCUT2D eigenvalue weighted by Crippen LogP contribution is 2.49. The lowest BCUT2D eigenvalue weighted by Gasteiger charge is -2.42. The van der Waals surface area contributed by atoms with Crippen LogP contribution in [0.4, 0.5) is 8.78 Å². The molecule has 0 saturated heterocycles. The first kappa shape index (κ1) is 23.3. The number of halogens is 2. The molecular weight excluding hydrogens is 402 g/mol. The maximum Gasteiger partial charge on any atom is 0.165 e. The van der Waals surface area contributed by atoms with E-state index in [0.29, 0.717) is 17.4 Å². The Hall–Kier alpha value is -1.90. The van der Waals surface area contributed by atoms with Gasteiger partial charge in [0.25, 0.3) is 0 Å². The van der Waals surface area contributed by atoms with Gasteiger partial charge in [0, 0.05) is 5.39 Å². The standard InChI is InChI=1S/C29H38F2O/c1-3-5-7-8-20-9-10-22-17-23(12-11-21(22)16-20)25-14-13-24-18-28(32-15-6-4-2)27(30)19-26(24)29(25)31/h4,6,13-14,18-23H,3,5,7-12,15-17H2,1-2H3/b6-4+/t20?,21-,22?,23-/m1/s1. The normalized spacial score (nSPS) is 25.9. The topological polar surface area (TPSA) is 9.23 Å². The fraction of sp³-hybridized carbons (Fsp3) is 0.586. The van der Waals surface area contributed by atoms with E-state index in [1.807, 2.05) is 31.2 Å². The molecule has 0 aromatic heterocycles. The van der Waals surface area contributed by atoms with Gasteiger partial charge in [0.1, 0.15) is 12.4 Å². The van der Waals surface area contributed by atoms with Gasteiger partial charge in [0.05, 0.1) is 0 Å². The smallest absolute Gasteiger partial charge is 0.165 e. The van der Waals surface area contributed by atoms with E-state index in [-0.39, 0.29) is 17.5 Å². The molecule has 4 atom stereocenters. The summed E-state index contributed by atoms with van der Waals surface area (Å²) in [5.74, 6) is 2.16. The summed E-state index contributed by atoms with van der Waals surface area (Å²) in [6.07, 6.45) is 16.5. The Bertz CT molecular complexity index is 934. The predicted molar refractivity (Wildman–Crippen MR) is 129 cm³/mol. The van der Waals surface area contributed by atoms with Crippen LogP contribution >= 0.6 is 0 Å². The van der Waals surface area contributed by atoms with Crippen molar-refractivity contribution in [1.29, 1.82) is 0 Å². The van der Waals surface area contributed by atoms with Gasteiger partial charge >= 0.3 is 0 Å². The first-order valence-corrected chi connectivity index (χ1v) is 12.8. The molecule has 2 aromatic carbocycles. The van der Waals surface area contributed by atoms with Gasteiger partial charge in [-0.25, -0.2) is 8.78 Å². The van der Waals surface area contributed by atoms with E-state index in [0.717, 1.165) is 36.2 Å². The third kappa shape index (κ3) is 5.18. The zero-order valence-electron chi connectivity index (χ0n) is 19.7. The molecule has 2 aromatic rings. The second kappa shape index (κ2) is 10.8. The van der Waals surface area contributed by atoms with Crippen LogP contribution in [0.15, 0.2) is 36.4 Å². The second-order valence-corrected chi connectivity index (χ2v) is 10.1. The van der Waals surface area contributed by atoms with Crippen LogP contribution in [-0.2, 0) is 0 Å². The number of hydrogen-bond donors (Lipinski definition) is 0. The van der Waals surface area contributed by atoms with Gasteiger partial charge in [-0.2, -0.15) is 0 Å². The molecule has 2 aliphatic carbocycles. The first-order valence-electron chi connectivity index (χ1n) is 12.8. The average Bonchev–Trinajstić information content (AvgIpc) is 2.80. The second-order valence-electron chi connectivity index (χ2n) is 10.1. The maximum atomic E-state index is 15.5. The van der Waals surface area contributed by atoms with Crippen LogP contribution in [0.3, 0.4) is 0 Å². The van der Waals surface area contributed by atoms with Gasteiger partial charge in [0.2, 0.25) is 0 Å². The molecular formula is C29H38F2O. The largest absolute Gasteiger partial charge is 0.486 e. The minimum atomic E-state index is -0.497. The molecule has 0 bridgehead atoms. The Morgan fingerprint density at radius 3 is 2.62 bits per heavy atom. The SMILES string of the molecule is C/C=C/COc1cc2ccc([C@@H]3CC[C@@H]4CC(CCCCC)CCC4C3)c(F)c2cc1F. The molecule has 0 amide bonds. The van der Waals surface area contributed by atoms with E-state index < -0.39 is 5.82 Å². The highest BCUT2D eigenvalue weighted by molar-refractivity contribution is 5.85. The Labute approximate surface area is 192 Å². The van der Waals surface area contributed by atoms with Crippen LogP contribution < -0.4 is 4.74 Å². The molecule has 32 heavy (non-hydrogen) atoms. The van der Waals surface area contributed by atoms with E-state index in [2.05, 4.69) is 6.92 Å². The Morgan fingerprint density at radius 1 is 1.00 bits per heavy atom. The number of unbranched alkanes of at least 4 members (excludes halogenated alkanes) is 2. The van der Waals surface area contributed by atoms with Crippen LogP contribution in [0.1, 0.15) is 89.5 Å². The predicted octanol–water partition coefficient (Wildman–Crippen LogP) is 8.95. The molecule has 1 nitrogen and oxygen atoms in total. The average molecular weight is 441 g/mol. The maximum absolute atomic E-state index is 15.5. The summed E-state index contributed by atoms with van der Waals surface area (Å²) < 4.78 is 35.6. The van der Waals surface area contributed by atoms with Crippen molar-refractivity contribution >= 4 is 10.8 Å². The summed E-state index contributed by atoms with van der Waals surface area (Å²) in [6.45, 7) is 4.48. The van der Waals surface area contributed by atoms with Crippen LogP contribution in [0.2, 0.25) is 0 Å². The molecule has 4 rings (SSSR count). The van der Waals surface area contributed by atoms with E-state index in [1.54, 1.807) is 6.07 Å². The lowest BCUT2D eigenvalue weighted by atomic mass is 9.63. The Balaban J connectivity index is 1.45. The zero-order valence-corrected chi connectivity index (χ0v) is 19.7. The molecule has 0 spiro atoms. The van der Waals surface area contributed by atoms with Crippen molar-refractivity contribution in [2.24, 2.45) is 17.8 Å². The number of ether oxygens (including phenoxy) is 1. The van der Waals surface area contributed by atoms with Gasteiger partial charge in [-0.15, -0.1) is 0 Å². The van der Waals surface area contributed by atoms with Crippen molar-refractivity contribution in [2.75, 3.05) is 6.61 Å². The molecule has 0 aliphatic heterocycles. The van der Waals surface area contributed by atoms with E-state index in [9.17, 15) is 4.39 Å². The van der Waals surface area contributed by atoms with Crippen LogP contribution in [0, 0.1) is 29.4 Å². The highest BCUT2D eigenvalue weighted by Gasteiger charge is 2.36. The van der Waals surface area contributed by atoms with Gasteiger partial charge in [-0.3, -0.25) is 0 Å². The van der Waals surface area contributed by atoms with Gasteiger partial charge in [0.15, 0.2) is 11.6 Å². The summed E-state index contributed by atoms with van der Waals surface area (Å²) in [5.41, 5.74) is 0.781. The fourth-order valence-electron chi connectivity index (χ4n) is 6.18. The van der Waals surface area contributed by atoms with Crippen molar-refractivity contribution in [2.45, 2.75) is 84.0 Å². The number of hydrogen-bond acceptors (Lipinski definition) is 1. The van der Waals surface area contributed by atoms with Crippen molar-refractivity contribution in [3.05, 3.63) is 53.6 Å². The lowest BCUT2D eigenvalue weighted by Crippen LogP contribution is -2.30. The Kier molecular flexibility index (Phi) is 7.86. The van der Waals surface area contributed by atoms with Crippen molar-refractivity contribution in [3.8, 4) is 5.75 Å². The molecule has 2 fully saturated rings. The van der Waals surface area contributed by atoms with Crippen LogP contribution in [0.25, 0.3) is 10.8 Å². The summed E-state index contributed by atoms with van der Waals surface area (Å²) in [6, 6.07) is 6.81. The number of allylic oxidation sites excluding steroid dienone is 1. The third-order valence-corrected chi connectivity index (χ3v) is 7.98. The van der Waals surface area contributed by atoms with Crippen molar-refractivity contribution in [3.63, 3.8) is 0 Å². The molecule has 0 N–H and O–H groups in total. The van der Waals surface area contributed by atoms with Gasteiger partial charge in [-0.1, -0.05) is 63.3 Å². The minimum Gasteiger partial charge on any atom is -0.486 e. The molecule has 174 valence electrons. The summed E-state index contributed by atoms with van der Waals surface area (Å²) in [4.78, 5) is 0. The van der Waals surface area contributed by atoms with Crippen molar-refractivity contribution < 1.29 is 13.5 Å². The number of rotatable bonds is 8. The fourth-order valence-corrected chi connectivity index (χ4v) is 6.18. The summed E-state index contributed by atoms with van der Waals surface area (Å²) in [7, 11) is 0. The van der Waals surface area contributed by atoms with E-state index >= 15 is 4.39 Å². The number of benzene rings is 2. The molecule has 2 aliphatic rings. The molecule has 2 saturated carbocycles. The van der Waals surface area contributed by atoms with E-state index in [4.69, 9.17) is 4.74 Å².